The molecule has 2 saturated heterocycles. The van der Waals surface area contributed by atoms with Gasteiger partial charge in [-0.15, -0.1) is 0 Å². The van der Waals surface area contributed by atoms with Crippen LogP contribution in [0.2, 0.25) is 0 Å². The Balaban J connectivity index is 3.10. The molecule has 0 atom stereocenters. The van der Waals surface area contributed by atoms with Crippen molar-refractivity contribution < 1.29 is 19.8 Å². The molecular formula is C58H112N2O4. The summed E-state index contributed by atoms with van der Waals surface area (Å²) in [5.41, 5.74) is -1.07. The van der Waals surface area contributed by atoms with Crippen LogP contribution in [0.4, 0.5) is 0 Å². The number of nitrogens with one attached hydrogen (secondary N) is 2. The number of carbonyl (C=O) groups is 2. The van der Waals surface area contributed by atoms with Crippen molar-refractivity contribution in [1.82, 2.24) is 10.6 Å². The summed E-state index contributed by atoms with van der Waals surface area (Å²) in [5.74, 6) is -1.06. The number of hydrogen-bond donors (Lipinski definition) is 4. The van der Waals surface area contributed by atoms with Gasteiger partial charge in [-0.05, 0) is 102 Å². The number of unbranched alkanes of at least 4 members (excludes halogenated alkanes) is 18. The number of carboxylic acid groups (broad SMARTS) is 2. The smallest absolute Gasteiger partial charge is 0.310 e. The van der Waals surface area contributed by atoms with E-state index in [1.807, 2.05) is 0 Å². The molecule has 0 aromatic carbocycles. The third-order valence-corrected chi connectivity index (χ3v) is 17.0. The molecule has 0 unspecified atom stereocenters. The zero-order valence-electron chi connectivity index (χ0n) is 44.4. The Morgan fingerprint density at radius 3 is 0.844 bits per heavy atom. The van der Waals surface area contributed by atoms with E-state index in [2.05, 4.69) is 66.0 Å². The fraction of sp³-hybridized carbons (Fsp3) is 0.966. The van der Waals surface area contributed by atoms with E-state index in [4.69, 9.17) is 0 Å². The minimum Gasteiger partial charge on any atom is -0.481 e. The van der Waals surface area contributed by atoms with Crippen LogP contribution in [0, 0.1) is 17.3 Å². The molecule has 0 bridgehead atoms. The van der Waals surface area contributed by atoms with Gasteiger partial charge in [0.2, 0.25) is 0 Å². The number of hydrogen-bond acceptors (Lipinski definition) is 4. The molecule has 0 saturated carbocycles. The van der Waals surface area contributed by atoms with Crippen LogP contribution in [0.15, 0.2) is 0 Å². The highest BCUT2D eigenvalue weighted by Gasteiger charge is 2.61. The Morgan fingerprint density at radius 1 is 0.391 bits per heavy atom. The molecule has 2 aliphatic heterocycles. The second-order valence-electron chi connectivity index (χ2n) is 22.5. The van der Waals surface area contributed by atoms with Gasteiger partial charge in [-0.3, -0.25) is 9.59 Å². The molecule has 2 aliphatic rings. The van der Waals surface area contributed by atoms with Gasteiger partial charge in [0, 0.05) is 28.6 Å². The number of aliphatic carboxylic acids is 2. The van der Waals surface area contributed by atoms with E-state index in [0.29, 0.717) is 12.8 Å². The van der Waals surface area contributed by atoms with Crippen molar-refractivity contribution in [3.05, 3.63) is 0 Å². The van der Waals surface area contributed by atoms with Crippen LogP contribution in [0.1, 0.15) is 319 Å². The monoisotopic (exact) mass is 901 g/mol. The van der Waals surface area contributed by atoms with Gasteiger partial charge in [0.15, 0.2) is 0 Å². The Hall–Kier alpha value is -1.14. The van der Waals surface area contributed by atoms with Gasteiger partial charge >= 0.3 is 11.9 Å². The summed E-state index contributed by atoms with van der Waals surface area (Å²) >= 11 is 0. The van der Waals surface area contributed by atoms with Crippen molar-refractivity contribution in [2.75, 3.05) is 0 Å². The molecule has 2 rings (SSSR count). The molecular weight excluding hydrogens is 789 g/mol. The van der Waals surface area contributed by atoms with Crippen LogP contribution in [0.5, 0.6) is 0 Å². The minimum absolute atomic E-state index is 0.0543. The highest BCUT2D eigenvalue weighted by molar-refractivity contribution is 5.76. The lowest BCUT2D eigenvalue weighted by Crippen LogP contribution is -2.69. The molecule has 0 aliphatic carbocycles. The number of piperidine rings is 2. The minimum atomic E-state index is -0.851. The zero-order chi connectivity index (χ0) is 47.2. The van der Waals surface area contributed by atoms with Gasteiger partial charge in [0.05, 0.1) is 5.41 Å². The van der Waals surface area contributed by atoms with Crippen molar-refractivity contribution in [1.29, 1.82) is 0 Å². The van der Waals surface area contributed by atoms with E-state index >= 15 is 4.79 Å². The second kappa shape index (κ2) is 32.6. The lowest BCUT2D eigenvalue weighted by Gasteiger charge is -2.61. The topological polar surface area (TPSA) is 98.7 Å². The average molecular weight is 902 g/mol. The van der Waals surface area contributed by atoms with E-state index in [0.717, 1.165) is 89.9 Å². The van der Waals surface area contributed by atoms with Gasteiger partial charge in [0.25, 0.3) is 0 Å². The van der Waals surface area contributed by atoms with E-state index in [-0.39, 0.29) is 40.4 Å². The van der Waals surface area contributed by atoms with Crippen molar-refractivity contribution >= 4 is 11.9 Å². The van der Waals surface area contributed by atoms with Gasteiger partial charge in [0.1, 0.15) is 0 Å². The first kappa shape index (κ1) is 59.0. The first-order chi connectivity index (χ1) is 30.9. The summed E-state index contributed by atoms with van der Waals surface area (Å²) < 4.78 is 0. The van der Waals surface area contributed by atoms with Crippen LogP contribution in [-0.2, 0) is 9.59 Å². The average Bonchev–Trinajstić information content (AvgIpc) is 3.25. The summed E-state index contributed by atoms with van der Waals surface area (Å²) in [6.45, 7) is 18.7. The van der Waals surface area contributed by atoms with Crippen LogP contribution in [-0.4, -0.2) is 44.3 Å². The third-order valence-electron chi connectivity index (χ3n) is 17.0. The maximum Gasteiger partial charge on any atom is 0.310 e. The maximum absolute atomic E-state index is 15.4. The molecule has 64 heavy (non-hydrogen) atoms. The molecule has 6 heteroatoms. The normalized spacial score (nSPS) is 18.7. The molecule has 2 fully saturated rings. The predicted molar refractivity (Wildman–Crippen MR) is 277 cm³/mol. The molecule has 378 valence electrons. The van der Waals surface area contributed by atoms with E-state index < -0.39 is 17.4 Å². The van der Waals surface area contributed by atoms with E-state index in [1.54, 1.807) is 0 Å². The number of rotatable bonds is 41. The van der Waals surface area contributed by atoms with Crippen LogP contribution in [0.25, 0.3) is 0 Å². The Morgan fingerprint density at radius 2 is 0.641 bits per heavy atom. The van der Waals surface area contributed by atoms with E-state index in [1.165, 1.54) is 154 Å². The summed E-state index contributed by atoms with van der Waals surface area (Å²) in [7, 11) is 0. The van der Waals surface area contributed by atoms with Gasteiger partial charge < -0.3 is 20.8 Å². The quantitative estimate of drug-likeness (QED) is 0.0456. The largest absolute Gasteiger partial charge is 0.481 e. The molecule has 4 N–H and O–H groups in total. The SMILES string of the molecule is CCCCCC1(CCCCC)CC(C(CCCCCC(=O)O)(C(=O)O)C2CC(CCCCC)(CCCCC)NC(CCCCC)(CCCCC)C2)CC(CCCCC)(CCCCC)N1. The predicted octanol–water partition coefficient (Wildman–Crippen LogP) is 17.7. The van der Waals surface area contributed by atoms with Gasteiger partial charge in [-0.2, -0.15) is 0 Å². The van der Waals surface area contributed by atoms with Crippen molar-refractivity contribution in [3.8, 4) is 0 Å². The molecule has 0 aromatic rings. The van der Waals surface area contributed by atoms with E-state index in [9.17, 15) is 15.0 Å². The summed E-state index contributed by atoms with van der Waals surface area (Å²) in [5, 5.41) is 31.6. The van der Waals surface area contributed by atoms with Gasteiger partial charge in [-0.25, -0.2) is 0 Å². The highest BCUT2D eigenvalue weighted by atomic mass is 16.4. The first-order valence-corrected chi connectivity index (χ1v) is 28.9. The maximum atomic E-state index is 15.4. The molecule has 0 aromatic heterocycles. The van der Waals surface area contributed by atoms with Crippen molar-refractivity contribution in [3.63, 3.8) is 0 Å². The molecule has 0 spiro atoms. The molecule has 0 amide bonds. The van der Waals surface area contributed by atoms with Crippen LogP contribution >= 0.6 is 0 Å². The molecule has 2 heterocycles. The fourth-order valence-corrected chi connectivity index (χ4v) is 13.7. The third kappa shape index (κ3) is 19.5. The fourth-order valence-electron chi connectivity index (χ4n) is 13.7. The summed E-state index contributed by atoms with van der Waals surface area (Å²) in [6.07, 6.45) is 45.4. The van der Waals surface area contributed by atoms with Crippen LogP contribution < -0.4 is 10.6 Å². The second-order valence-corrected chi connectivity index (χ2v) is 22.5. The lowest BCUT2D eigenvalue weighted by molar-refractivity contribution is -0.169. The molecule has 0 radical (unpaired) electrons. The summed E-state index contributed by atoms with van der Waals surface area (Å²) in [6, 6.07) is 0. The van der Waals surface area contributed by atoms with Crippen LogP contribution in [0.3, 0.4) is 0 Å². The zero-order valence-corrected chi connectivity index (χ0v) is 44.4. The van der Waals surface area contributed by atoms with Crippen molar-refractivity contribution in [2.24, 2.45) is 17.3 Å². The molecule has 6 nitrogen and oxygen atoms in total. The van der Waals surface area contributed by atoms with Gasteiger partial charge in [-0.1, -0.05) is 222 Å². The lowest BCUT2D eigenvalue weighted by atomic mass is 9.50. The number of carboxylic acids is 2. The standard InChI is InChI=1S/C58H112N2O4/c1-9-17-27-37-54(38-28-18-10-2)46-50(47-55(59-54,39-29-19-11-3)40-30-20-12-4)58(53(63)64,45-35-25-26-36-52(61)62)51-48-56(41-31-21-13-5,42-32-22-14-6)60-57(49-51,43-33-23-15-7)44-34-24-16-8/h50-51,59-60H,9-49H2,1-8H3,(H,61,62)(H,63,64). The summed E-state index contributed by atoms with van der Waals surface area (Å²) in [4.78, 5) is 27.2. The Bertz CT molecular complexity index is 1030. The first-order valence-electron chi connectivity index (χ1n) is 28.9. The Labute approximate surface area is 399 Å². The Kier molecular flexibility index (Phi) is 30.0. The highest BCUT2D eigenvalue weighted by Crippen LogP contribution is 2.59. The van der Waals surface area contributed by atoms with Crippen molar-refractivity contribution in [2.45, 2.75) is 341 Å².